The fourth-order valence-electron chi connectivity index (χ4n) is 0.483. The highest BCUT2D eigenvalue weighted by atomic mass is 35.5. The van der Waals surface area contributed by atoms with Crippen LogP contribution in [0.15, 0.2) is 14.8 Å². The van der Waals surface area contributed by atoms with Gasteiger partial charge in [-0.2, -0.15) is 15.5 Å². The van der Waals surface area contributed by atoms with Gasteiger partial charge in [-0.1, -0.05) is 32.2 Å². The van der Waals surface area contributed by atoms with Gasteiger partial charge in [0.1, 0.15) is 11.0 Å². The maximum Gasteiger partial charge on any atom is 0.318 e. The van der Waals surface area contributed by atoms with Gasteiger partial charge in [-0.05, 0) is 26.0 Å². The standard InChI is InChI=1S/C3H5N3O.C2H4ClNO.C2H6N2O.C2H3N.CH3N5/c1-2-5-3(4)7-6-2;2*1-2(3)4-5;1-2-3;2-1-3-5-6-4-1/h1H3,(H2,4,5,6);5H,1H3;5H,1H3,(H2,3,4);1H3;(H3,2,3,4,5,6)/b;4-2-;;;. The molecule has 0 bridgehead atoms. The number of nitriles is 1. The molecule has 0 amide bonds. The number of rotatable bonds is 0. The summed E-state index contributed by atoms with van der Waals surface area (Å²) in [4.78, 5) is 3.61. The number of hydrogen-bond donors (Lipinski definition) is 6. The highest BCUT2D eigenvalue weighted by Crippen LogP contribution is 1.92. The predicted octanol–water partition coefficient (Wildman–Crippen LogP) is 0.0575. The number of nitrogens with one attached hydrogen (secondary N) is 1. The van der Waals surface area contributed by atoms with Crippen LogP contribution in [0.5, 0.6) is 0 Å². The van der Waals surface area contributed by atoms with Crippen LogP contribution in [0.1, 0.15) is 26.6 Å². The van der Waals surface area contributed by atoms with Gasteiger partial charge in [0.05, 0.1) is 6.07 Å². The van der Waals surface area contributed by atoms with E-state index in [0.717, 1.165) is 0 Å². The van der Waals surface area contributed by atoms with Crippen molar-refractivity contribution in [2.24, 2.45) is 16.0 Å². The average Bonchev–Trinajstić information content (AvgIpc) is 3.20. The van der Waals surface area contributed by atoms with Crippen LogP contribution in [0.3, 0.4) is 0 Å². The van der Waals surface area contributed by atoms with E-state index in [1.807, 2.05) is 0 Å². The number of hydrogen-bond acceptors (Lipinski definition) is 13. The van der Waals surface area contributed by atoms with Crippen LogP contribution in [-0.4, -0.2) is 52.2 Å². The molecule has 0 radical (unpaired) electrons. The largest absolute Gasteiger partial charge is 0.410 e. The van der Waals surface area contributed by atoms with Crippen molar-refractivity contribution in [3.8, 4) is 6.07 Å². The van der Waals surface area contributed by atoms with E-state index in [-0.39, 0.29) is 23.0 Å². The molecular weight excluding hydrogens is 372 g/mol. The SMILES string of the molecule is C/C(Cl)=N/O.CC#N.CC(N)=NO.Cc1noc(N)n1.Nc1nn[nH]n1. The number of amidine groups is 1. The molecule has 0 aliphatic rings. The Morgan fingerprint density at radius 2 is 1.77 bits per heavy atom. The van der Waals surface area contributed by atoms with E-state index in [2.05, 4.69) is 45.6 Å². The zero-order valence-electron chi connectivity index (χ0n) is 14.5. The number of halogens is 1. The third kappa shape index (κ3) is 28.5. The van der Waals surface area contributed by atoms with Gasteiger partial charge >= 0.3 is 6.01 Å². The van der Waals surface area contributed by atoms with Gasteiger partial charge in [0.2, 0.25) is 0 Å². The van der Waals surface area contributed by atoms with Crippen molar-refractivity contribution in [3.63, 3.8) is 0 Å². The number of aromatic nitrogens is 6. The van der Waals surface area contributed by atoms with E-state index < -0.39 is 0 Å². The molecule has 2 heterocycles. The molecule has 2 aromatic heterocycles. The lowest BCUT2D eigenvalue weighted by Crippen LogP contribution is -2.03. The van der Waals surface area contributed by atoms with Crippen LogP contribution in [-0.2, 0) is 0 Å². The Morgan fingerprint density at radius 1 is 1.31 bits per heavy atom. The Labute approximate surface area is 153 Å². The minimum atomic E-state index is 0.123. The summed E-state index contributed by atoms with van der Waals surface area (Å²) >= 11 is 4.96. The van der Waals surface area contributed by atoms with Crippen LogP contribution in [0.25, 0.3) is 0 Å². The monoisotopic (exact) mass is 392 g/mol. The molecular formula is C10H21ClN12O3. The summed E-state index contributed by atoms with van der Waals surface area (Å²) in [5.41, 5.74) is 14.8. The van der Waals surface area contributed by atoms with Gasteiger partial charge in [-0.3, -0.25) is 0 Å². The molecule has 0 spiro atoms. The summed E-state index contributed by atoms with van der Waals surface area (Å²) in [5.74, 6) is 0.928. The van der Waals surface area contributed by atoms with Crippen LogP contribution in [0, 0.1) is 18.3 Å². The summed E-state index contributed by atoms with van der Waals surface area (Å²) < 4.78 is 4.38. The summed E-state index contributed by atoms with van der Waals surface area (Å²) in [7, 11) is 0. The molecule has 0 saturated heterocycles. The lowest BCUT2D eigenvalue weighted by atomic mass is 10.7. The van der Waals surface area contributed by atoms with E-state index >= 15 is 0 Å². The molecule has 2 rings (SSSR count). The molecule has 0 aromatic carbocycles. The molecule has 9 N–H and O–H groups in total. The number of H-pyrrole nitrogens is 1. The Balaban J connectivity index is -0.000000261. The molecule has 0 fully saturated rings. The zero-order chi connectivity index (χ0) is 21.0. The first-order valence-electron chi connectivity index (χ1n) is 6.28. The molecule has 146 valence electrons. The Kier molecular flexibility index (Phi) is 20.3. The second kappa shape index (κ2) is 19.4. The number of oxime groups is 2. The van der Waals surface area contributed by atoms with E-state index in [1.165, 1.54) is 20.8 Å². The Morgan fingerprint density at radius 3 is 1.85 bits per heavy atom. The highest BCUT2D eigenvalue weighted by molar-refractivity contribution is 6.64. The number of anilines is 2. The molecule has 0 aliphatic heterocycles. The average molecular weight is 393 g/mol. The topological polar surface area (TPSA) is 260 Å². The smallest absolute Gasteiger partial charge is 0.318 e. The van der Waals surface area contributed by atoms with Crippen LogP contribution in [0.4, 0.5) is 12.0 Å². The first-order valence-corrected chi connectivity index (χ1v) is 6.66. The van der Waals surface area contributed by atoms with E-state index in [4.69, 9.17) is 44.5 Å². The van der Waals surface area contributed by atoms with Crippen molar-refractivity contribution in [1.29, 1.82) is 5.26 Å². The third-order valence-corrected chi connectivity index (χ3v) is 1.28. The minimum absolute atomic E-state index is 0.123. The van der Waals surface area contributed by atoms with Gasteiger partial charge in [-0.25, -0.2) is 0 Å². The molecule has 0 aliphatic carbocycles. The van der Waals surface area contributed by atoms with Crippen molar-refractivity contribution in [2.45, 2.75) is 27.7 Å². The number of aromatic amines is 1. The van der Waals surface area contributed by atoms with Crippen LogP contribution in [0.2, 0.25) is 0 Å². The number of nitrogen functional groups attached to an aromatic ring is 2. The Hall–Kier alpha value is -3.67. The van der Waals surface area contributed by atoms with E-state index in [0.29, 0.717) is 5.82 Å². The fraction of sp³-hybridized carbons (Fsp3) is 0.400. The van der Waals surface area contributed by atoms with Crippen molar-refractivity contribution >= 4 is 34.6 Å². The quantitative estimate of drug-likeness (QED) is 0.150. The molecule has 0 saturated carbocycles. The summed E-state index contributed by atoms with van der Waals surface area (Å²) in [5, 5.41) is 43.3. The number of aryl methyl sites for hydroxylation is 1. The first kappa shape index (κ1) is 27.2. The van der Waals surface area contributed by atoms with E-state index in [1.54, 1.807) is 13.0 Å². The van der Waals surface area contributed by atoms with Gasteiger partial charge in [-0.15, -0.1) is 5.10 Å². The molecule has 16 heteroatoms. The van der Waals surface area contributed by atoms with Gasteiger partial charge in [0.25, 0.3) is 5.95 Å². The summed E-state index contributed by atoms with van der Waals surface area (Å²) in [6, 6.07) is 1.87. The number of nitrogens with zero attached hydrogens (tertiary/aromatic N) is 8. The normalized spacial score (nSPS) is 9.38. The molecule has 15 nitrogen and oxygen atoms in total. The maximum atomic E-state index is 7.61. The van der Waals surface area contributed by atoms with Gasteiger partial charge in [0.15, 0.2) is 5.82 Å². The first-order chi connectivity index (χ1) is 12.1. The van der Waals surface area contributed by atoms with Crippen LogP contribution >= 0.6 is 11.6 Å². The summed E-state index contributed by atoms with van der Waals surface area (Å²) in [6.45, 7) is 6.13. The number of tetrazole rings is 1. The van der Waals surface area contributed by atoms with Gasteiger partial charge in [0, 0.05) is 6.92 Å². The van der Waals surface area contributed by atoms with Crippen molar-refractivity contribution in [2.75, 3.05) is 11.5 Å². The van der Waals surface area contributed by atoms with Gasteiger partial charge < -0.3 is 32.1 Å². The third-order valence-electron chi connectivity index (χ3n) is 1.20. The van der Waals surface area contributed by atoms with Crippen molar-refractivity contribution < 1.29 is 14.9 Å². The number of nitrogens with two attached hydrogens (primary N) is 3. The molecule has 26 heavy (non-hydrogen) atoms. The predicted molar refractivity (Wildman–Crippen MR) is 93.2 cm³/mol. The second-order valence-corrected chi connectivity index (χ2v) is 4.06. The zero-order valence-corrected chi connectivity index (χ0v) is 15.2. The summed E-state index contributed by atoms with van der Waals surface area (Å²) in [6.07, 6.45) is 0. The lowest BCUT2D eigenvalue weighted by molar-refractivity contribution is 0.318. The van der Waals surface area contributed by atoms with Crippen molar-refractivity contribution in [3.05, 3.63) is 5.82 Å². The molecule has 0 atom stereocenters. The highest BCUT2D eigenvalue weighted by Gasteiger charge is 1.90. The molecule has 0 unspecified atom stereocenters. The molecule has 2 aromatic rings. The van der Waals surface area contributed by atoms with E-state index in [9.17, 15) is 0 Å². The lowest BCUT2D eigenvalue weighted by Gasteiger charge is -1.73. The van der Waals surface area contributed by atoms with Crippen molar-refractivity contribution in [1.82, 2.24) is 30.8 Å². The Bertz CT molecular complexity index is 608. The maximum absolute atomic E-state index is 7.61. The van der Waals surface area contributed by atoms with Crippen LogP contribution < -0.4 is 17.2 Å². The second-order valence-electron chi connectivity index (χ2n) is 3.51. The minimum Gasteiger partial charge on any atom is -0.410 e. The fourth-order valence-corrected chi connectivity index (χ4v) is 0.483.